The van der Waals surface area contributed by atoms with Gasteiger partial charge in [-0.25, -0.2) is 4.68 Å². The predicted octanol–water partition coefficient (Wildman–Crippen LogP) is 1.75. The summed E-state index contributed by atoms with van der Waals surface area (Å²) in [7, 11) is 0. The van der Waals surface area contributed by atoms with Crippen molar-refractivity contribution in [2.75, 3.05) is 13.2 Å². The number of ether oxygens (including phenoxy) is 1. The second kappa shape index (κ2) is 3.59. The molecule has 4 nitrogen and oxygen atoms in total. The van der Waals surface area contributed by atoms with E-state index in [1.54, 1.807) is 0 Å². The zero-order chi connectivity index (χ0) is 10.3. The minimum atomic E-state index is 0.508. The minimum absolute atomic E-state index is 0.508. The summed E-state index contributed by atoms with van der Waals surface area (Å²) in [5.74, 6) is 1.49. The molecule has 1 aliphatic heterocycles. The van der Waals surface area contributed by atoms with E-state index in [9.17, 15) is 0 Å². The Balaban J connectivity index is 1.72. The normalized spacial score (nSPS) is 31.8. The maximum Gasteiger partial charge on any atom is 0.0860 e. The minimum Gasteiger partial charge on any atom is -0.381 e. The predicted molar refractivity (Wildman–Crippen MR) is 55.6 cm³/mol. The van der Waals surface area contributed by atoms with Crippen LogP contribution in [0.4, 0.5) is 0 Å². The molecule has 2 fully saturated rings. The van der Waals surface area contributed by atoms with Gasteiger partial charge in [-0.2, -0.15) is 0 Å². The number of hydrogen-bond donors (Lipinski definition) is 0. The quantitative estimate of drug-likeness (QED) is 0.741. The van der Waals surface area contributed by atoms with Crippen molar-refractivity contribution in [1.82, 2.24) is 15.0 Å². The Morgan fingerprint density at radius 1 is 1.40 bits per heavy atom. The highest BCUT2D eigenvalue weighted by Crippen LogP contribution is 2.46. The van der Waals surface area contributed by atoms with E-state index in [1.807, 2.05) is 4.68 Å². The van der Waals surface area contributed by atoms with Gasteiger partial charge >= 0.3 is 0 Å². The third kappa shape index (κ3) is 1.78. The van der Waals surface area contributed by atoms with E-state index in [0.29, 0.717) is 12.0 Å². The van der Waals surface area contributed by atoms with Crippen LogP contribution in [0.3, 0.4) is 0 Å². The molecule has 1 aromatic rings. The van der Waals surface area contributed by atoms with Gasteiger partial charge in [-0.1, -0.05) is 12.1 Å². The highest BCUT2D eigenvalue weighted by Gasteiger charge is 2.36. The lowest BCUT2D eigenvalue weighted by atomic mass is 10.1. The molecule has 2 aliphatic rings. The summed E-state index contributed by atoms with van der Waals surface area (Å²) in [5, 5.41) is 8.52. The third-order valence-corrected chi connectivity index (χ3v) is 3.58. The van der Waals surface area contributed by atoms with Gasteiger partial charge in [0.15, 0.2) is 0 Å². The van der Waals surface area contributed by atoms with Crippen LogP contribution in [-0.4, -0.2) is 28.2 Å². The van der Waals surface area contributed by atoms with Crippen LogP contribution in [0.1, 0.15) is 43.8 Å². The van der Waals surface area contributed by atoms with Gasteiger partial charge in [-0.15, -0.1) is 5.10 Å². The zero-order valence-electron chi connectivity index (χ0n) is 9.09. The molecule has 0 bridgehead atoms. The summed E-state index contributed by atoms with van der Waals surface area (Å²) < 4.78 is 7.39. The lowest BCUT2D eigenvalue weighted by Crippen LogP contribution is -2.19. The molecule has 1 saturated heterocycles. The van der Waals surface area contributed by atoms with E-state index in [4.69, 9.17) is 4.74 Å². The Bertz CT molecular complexity index is 343. The maximum absolute atomic E-state index is 5.34. The smallest absolute Gasteiger partial charge is 0.0860 e. The maximum atomic E-state index is 5.34. The topological polar surface area (TPSA) is 39.9 Å². The molecule has 82 valence electrons. The number of nitrogens with zero attached hydrogens (tertiary/aromatic N) is 3. The first-order valence-corrected chi connectivity index (χ1v) is 5.84. The fourth-order valence-corrected chi connectivity index (χ4v) is 2.32. The summed E-state index contributed by atoms with van der Waals surface area (Å²) in [6.45, 7) is 4.00. The van der Waals surface area contributed by atoms with E-state index in [2.05, 4.69) is 23.4 Å². The zero-order valence-corrected chi connectivity index (χ0v) is 9.09. The van der Waals surface area contributed by atoms with Gasteiger partial charge in [0.2, 0.25) is 0 Å². The number of hydrogen-bond acceptors (Lipinski definition) is 3. The van der Waals surface area contributed by atoms with Crippen LogP contribution < -0.4 is 0 Å². The summed E-state index contributed by atoms with van der Waals surface area (Å²) >= 11 is 0. The van der Waals surface area contributed by atoms with E-state index in [-0.39, 0.29) is 0 Å². The lowest BCUT2D eigenvalue weighted by molar-refractivity contribution is 0.0657. The molecule has 0 unspecified atom stereocenters. The Labute approximate surface area is 89.6 Å². The van der Waals surface area contributed by atoms with Gasteiger partial charge in [-0.3, -0.25) is 0 Å². The molecule has 0 radical (unpaired) electrons. The molecule has 4 heteroatoms. The molecule has 2 heterocycles. The van der Waals surface area contributed by atoms with Crippen molar-refractivity contribution in [2.45, 2.75) is 38.1 Å². The van der Waals surface area contributed by atoms with Crippen molar-refractivity contribution in [3.8, 4) is 0 Å². The Kier molecular flexibility index (Phi) is 2.24. The molecule has 3 rings (SSSR count). The highest BCUT2D eigenvalue weighted by atomic mass is 16.5. The molecule has 2 atom stereocenters. The second-order valence-electron chi connectivity index (χ2n) is 4.79. The molecule has 1 aliphatic carbocycles. The average molecular weight is 207 g/mol. The summed E-state index contributed by atoms with van der Waals surface area (Å²) in [6.07, 6.45) is 5.57. The molecule has 0 N–H and O–H groups in total. The Hall–Kier alpha value is -0.900. The summed E-state index contributed by atoms with van der Waals surface area (Å²) in [4.78, 5) is 0. The van der Waals surface area contributed by atoms with Crippen molar-refractivity contribution in [3.05, 3.63) is 11.9 Å². The van der Waals surface area contributed by atoms with Crippen molar-refractivity contribution in [3.63, 3.8) is 0 Å². The molecular weight excluding hydrogens is 190 g/mol. The second-order valence-corrected chi connectivity index (χ2v) is 4.79. The summed E-state index contributed by atoms with van der Waals surface area (Å²) in [6, 6.07) is 0.508. The molecule has 0 aromatic carbocycles. The SMILES string of the molecule is C[C@@H]1C[C@H]1c1cn(C2CCOCC2)nn1. The van der Waals surface area contributed by atoms with Gasteiger partial charge in [0, 0.05) is 25.3 Å². The van der Waals surface area contributed by atoms with Gasteiger partial charge in [0.05, 0.1) is 11.7 Å². The fraction of sp³-hybridized carbons (Fsp3) is 0.818. The van der Waals surface area contributed by atoms with Crippen molar-refractivity contribution < 1.29 is 4.74 Å². The van der Waals surface area contributed by atoms with Crippen LogP contribution in [0.15, 0.2) is 6.20 Å². The standard InChI is InChI=1S/C11H17N3O/c1-8-6-10(8)11-7-14(13-12-11)9-2-4-15-5-3-9/h7-10H,2-6H2,1H3/t8-,10-/m1/s1. The first kappa shape index (κ1) is 9.33. The van der Waals surface area contributed by atoms with Crippen LogP contribution in [0.25, 0.3) is 0 Å². The highest BCUT2D eigenvalue weighted by molar-refractivity contribution is 5.12. The van der Waals surface area contributed by atoms with Crippen LogP contribution >= 0.6 is 0 Å². The van der Waals surface area contributed by atoms with Gasteiger partial charge < -0.3 is 4.74 Å². The average Bonchev–Trinajstić information content (AvgIpc) is 2.83. The Morgan fingerprint density at radius 2 is 2.13 bits per heavy atom. The van der Waals surface area contributed by atoms with Gasteiger partial charge in [0.25, 0.3) is 0 Å². The van der Waals surface area contributed by atoms with Crippen LogP contribution in [0.5, 0.6) is 0 Å². The largest absolute Gasteiger partial charge is 0.381 e. The lowest BCUT2D eigenvalue weighted by Gasteiger charge is -2.21. The van der Waals surface area contributed by atoms with E-state index >= 15 is 0 Å². The van der Waals surface area contributed by atoms with Gasteiger partial charge in [-0.05, 0) is 25.2 Å². The molecular formula is C11H17N3O. The van der Waals surface area contributed by atoms with Crippen LogP contribution in [0.2, 0.25) is 0 Å². The first-order valence-electron chi connectivity index (χ1n) is 5.84. The number of rotatable bonds is 2. The molecule has 15 heavy (non-hydrogen) atoms. The first-order chi connectivity index (χ1) is 7.34. The van der Waals surface area contributed by atoms with E-state index in [0.717, 1.165) is 32.0 Å². The van der Waals surface area contributed by atoms with Crippen molar-refractivity contribution in [2.24, 2.45) is 5.92 Å². The van der Waals surface area contributed by atoms with Gasteiger partial charge in [0.1, 0.15) is 0 Å². The van der Waals surface area contributed by atoms with Crippen molar-refractivity contribution >= 4 is 0 Å². The van der Waals surface area contributed by atoms with E-state index < -0.39 is 0 Å². The monoisotopic (exact) mass is 207 g/mol. The Morgan fingerprint density at radius 3 is 2.80 bits per heavy atom. The van der Waals surface area contributed by atoms with Crippen molar-refractivity contribution in [1.29, 1.82) is 0 Å². The van der Waals surface area contributed by atoms with Crippen LogP contribution in [0, 0.1) is 5.92 Å². The summed E-state index contributed by atoms with van der Waals surface area (Å²) in [5.41, 5.74) is 1.19. The molecule has 1 saturated carbocycles. The third-order valence-electron chi connectivity index (χ3n) is 3.58. The molecule has 1 aromatic heterocycles. The fourth-order valence-electron chi connectivity index (χ4n) is 2.32. The van der Waals surface area contributed by atoms with E-state index in [1.165, 1.54) is 12.1 Å². The molecule has 0 amide bonds. The molecule has 0 spiro atoms. The van der Waals surface area contributed by atoms with Crippen LogP contribution in [-0.2, 0) is 4.74 Å². The number of aromatic nitrogens is 3.